The highest BCUT2D eigenvalue weighted by Crippen LogP contribution is 2.17. The van der Waals surface area contributed by atoms with Crippen molar-refractivity contribution in [2.24, 2.45) is 0 Å². The van der Waals surface area contributed by atoms with E-state index in [-0.39, 0.29) is 12.3 Å². The zero-order valence-electron chi connectivity index (χ0n) is 12.9. The van der Waals surface area contributed by atoms with E-state index in [4.69, 9.17) is 5.11 Å². The molecule has 9 heteroatoms. The predicted octanol–water partition coefficient (Wildman–Crippen LogP) is 2.08. The minimum absolute atomic E-state index is 0.131. The van der Waals surface area contributed by atoms with Crippen LogP contribution in [0.3, 0.4) is 0 Å². The van der Waals surface area contributed by atoms with Crippen molar-refractivity contribution in [3.05, 3.63) is 28.7 Å². The number of aromatic nitrogens is 1. The Morgan fingerprint density at radius 1 is 1.39 bits per heavy atom. The summed E-state index contributed by atoms with van der Waals surface area (Å²) >= 11 is 0. The van der Waals surface area contributed by atoms with Crippen molar-refractivity contribution in [1.82, 2.24) is 9.88 Å². The van der Waals surface area contributed by atoms with Gasteiger partial charge in [0.05, 0.1) is 0 Å². The van der Waals surface area contributed by atoms with Crippen LogP contribution in [0, 0.1) is 0 Å². The van der Waals surface area contributed by atoms with E-state index in [0.29, 0.717) is 17.4 Å². The van der Waals surface area contributed by atoms with Crippen LogP contribution in [0.4, 0.5) is 23.7 Å². The molecule has 130 valence electrons. The fourth-order valence-corrected chi connectivity index (χ4v) is 1.95. The summed E-state index contributed by atoms with van der Waals surface area (Å²) in [5.74, 6) is 0. The van der Waals surface area contributed by atoms with Crippen LogP contribution in [-0.4, -0.2) is 34.0 Å². The zero-order valence-corrected chi connectivity index (χ0v) is 12.9. The minimum Gasteiger partial charge on any atom is -0.396 e. The Kier molecular flexibility index (Phi) is 6.20. The standard InChI is InChI=1S/C14H20F3N3O3/c1-3-13(2,6-8-21)19-12(23)18-10-5-4-7-20(11(10)22)9-14(15,16)17/h4-5,7,21H,3,6,8-9H2,1-2H3,(H2,18,19,23). The quantitative estimate of drug-likeness (QED) is 0.744. The number of amides is 2. The summed E-state index contributed by atoms with van der Waals surface area (Å²) in [5.41, 5.74) is -1.88. The van der Waals surface area contributed by atoms with Crippen molar-refractivity contribution in [1.29, 1.82) is 0 Å². The van der Waals surface area contributed by atoms with Gasteiger partial charge in [-0.25, -0.2) is 4.79 Å². The van der Waals surface area contributed by atoms with Crippen LogP contribution in [0.2, 0.25) is 0 Å². The second-order valence-corrected chi connectivity index (χ2v) is 5.44. The van der Waals surface area contributed by atoms with Gasteiger partial charge in [-0.3, -0.25) is 4.79 Å². The van der Waals surface area contributed by atoms with E-state index >= 15 is 0 Å². The van der Waals surface area contributed by atoms with Gasteiger partial charge in [-0.15, -0.1) is 0 Å². The normalized spacial score (nSPS) is 14.2. The van der Waals surface area contributed by atoms with E-state index in [9.17, 15) is 22.8 Å². The Morgan fingerprint density at radius 2 is 2.04 bits per heavy atom. The van der Waals surface area contributed by atoms with Gasteiger partial charge in [0.25, 0.3) is 5.56 Å². The van der Waals surface area contributed by atoms with Gasteiger partial charge in [-0.2, -0.15) is 13.2 Å². The number of rotatable bonds is 6. The van der Waals surface area contributed by atoms with Crippen LogP contribution in [-0.2, 0) is 6.54 Å². The number of nitrogens with one attached hydrogen (secondary N) is 2. The first-order valence-electron chi connectivity index (χ1n) is 7.06. The third-order valence-electron chi connectivity index (χ3n) is 3.48. The third kappa shape index (κ3) is 5.93. The van der Waals surface area contributed by atoms with Crippen LogP contribution < -0.4 is 16.2 Å². The summed E-state index contributed by atoms with van der Waals surface area (Å²) in [6, 6.07) is 1.75. The molecule has 1 aromatic heterocycles. The van der Waals surface area contributed by atoms with Gasteiger partial charge in [-0.1, -0.05) is 6.92 Å². The van der Waals surface area contributed by atoms with E-state index in [0.717, 1.165) is 6.20 Å². The lowest BCUT2D eigenvalue weighted by Crippen LogP contribution is -2.48. The average Bonchev–Trinajstić information content (AvgIpc) is 2.42. The first kappa shape index (κ1) is 19.0. The number of alkyl halides is 3. The van der Waals surface area contributed by atoms with Gasteiger partial charge in [0, 0.05) is 18.3 Å². The van der Waals surface area contributed by atoms with E-state index in [1.807, 2.05) is 6.92 Å². The van der Waals surface area contributed by atoms with Crippen LogP contribution in [0.25, 0.3) is 0 Å². The zero-order chi connectivity index (χ0) is 17.7. The molecule has 0 saturated carbocycles. The number of nitrogens with zero attached hydrogens (tertiary/aromatic N) is 1. The fraction of sp³-hybridized carbons (Fsp3) is 0.571. The lowest BCUT2D eigenvalue weighted by molar-refractivity contribution is -0.141. The van der Waals surface area contributed by atoms with E-state index in [1.165, 1.54) is 12.1 Å². The van der Waals surface area contributed by atoms with Crippen molar-refractivity contribution in [2.75, 3.05) is 11.9 Å². The first-order chi connectivity index (χ1) is 10.6. The number of halogens is 3. The van der Waals surface area contributed by atoms with Crippen molar-refractivity contribution in [3.8, 4) is 0 Å². The molecule has 1 atom stereocenters. The molecule has 2 amide bonds. The van der Waals surface area contributed by atoms with Gasteiger partial charge >= 0.3 is 12.2 Å². The van der Waals surface area contributed by atoms with Gasteiger partial charge in [0.2, 0.25) is 0 Å². The molecule has 1 unspecified atom stereocenters. The monoisotopic (exact) mass is 335 g/mol. The van der Waals surface area contributed by atoms with Crippen LogP contribution in [0.1, 0.15) is 26.7 Å². The van der Waals surface area contributed by atoms with E-state index in [1.54, 1.807) is 6.92 Å². The van der Waals surface area contributed by atoms with Crippen LogP contribution in [0.15, 0.2) is 23.1 Å². The van der Waals surface area contributed by atoms with E-state index in [2.05, 4.69) is 10.6 Å². The van der Waals surface area contributed by atoms with E-state index < -0.39 is 29.9 Å². The number of carbonyl (C=O) groups excluding carboxylic acids is 1. The second-order valence-electron chi connectivity index (χ2n) is 5.44. The number of hydrogen-bond acceptors (Lipinski definition) is 3. The molecule has 0 saturated heterocycles. The molecule has 0 spiro atoms. The summed E-state index contributed by atoms with van der Waals surface area (Å²) in [6.45, 7) is 1.97. The summed E-state index contributed by atoms with van der Waals surface area (Å²) in [6.07, 6.45) is -2.69. The Morgan fingerprint density at radius 3 is 2.57 bits per heavy atom. The topological polar surface area (TPSA) is 83.4 Å². The Labute approximate surface area is 131 Å². The SMILES string of the molecule is CCC(C)(CCO)NC(=O)Nc1cccn(CC(F)(F)F)c1=O. The Bertz CT molecular complexity index is 601. The lowest BCUT2D eigenvalue weighted by atomic mass is 9.95. The number of anilines is 1. The molecule has 3 N–H and O–H groups in total. The van der Waals surface area contributed by atoms with Crippen molar-refractivity contribution < 1.29 is 23.1 Å². The predicted molar refractivity (Wildman–Crippen MR) is 79.3 cm³/mol. The Hall–Kier alpha value is -2.03. The summed E-state index contributed by atoms with van der Waals surface area (Å²) in [5, 5.41) is 13.9. The minimum atomic E-state index is -4.54. The van der Waals surface area contributed by atoms with Crippen molar-refractivity contribution >= 4 is 11.7 Å². The average molecular weight is 335 g/mol. The molecule has 0 fully saturated rings. The molecule has 0 aliphatic carbocycles. The summed E-state index contributed by atoms with van der Waals surface area (Å²) in [4.78, 5) is 23.9. The van der Waals surface area contributed by atoms with Gasteiger partial charge in [-0.05, 0) is 31.9 Å². The lowest BCUT2D eigenvalue weighted by Gasteiger charge is -2.28. The number of aliphatic hydroxyl groups is 1. The highest BCUT2D eigenvalue weighted by atomic mass is 19.4. The van der Waals surface area contributed by atoms with Crippen LogP contribution >= 0.6 is 0 Å². The smallest absolute Gasteiger partial charge is 0.396 e. The van der Waals surface area contributed by atoms with Gasteiger partial charge in [0.1, 0.15) is 12.2 Å². The molecule has 0 aliphatic heterocycles. The van der Waals surface area contributed by atoms with Gasteiger partial charge in [0.15, 0.2) is 0 Å². The maximum absolute atomic E-state index is 12.4. The second kappa shape index (κ2) is 7.49. The first-order valence-corrected chi connectivity index (χ1v) is 7.06. The molecule has 1 rings (SSSR count). The largest absolute Gasteiger partial charge is 0.406 e. The Balaban J connectivity index is 2.87. The molecule has 6 nitrogen and oxygen atoms in total. The maximum Gasteiger partial charge on any atom is 0.406 e. The molecule has 0 aromatic carbocycles. The summed E-state index contributed by atoms with van der Waals surface area (Å²) in [7, 11) is 0. The summed E-state index contributed by atoms with van der Waals surface area (Å²) < 4.78 is 37.6. The fourth-order valence-electron chi connectivity index (χ4n) is 1.95. The molecule has 1 aromatic rings. The number of aliphatic hydroxyl groups excluding tert-OH is 1. The molecule has 0 bridgehead atoms. The number of pyridine rings is 1. The molecule has 1 heterocycles. The highest BCUT2D eigenvalue weighted by Gasteiger charge is 2.29. The molecule has 23 heavy (non-hydrogen) atoms. The molecule has 0 radical (unpaired) electrons. The van der Waals surface area contributed by atoms with Crippen molar-refractivity contribution in [3.63, 3.8) is 0 Å². The maximum atomic E-state index is 12.4. The number of hydrogen-bond donors (Lipinski definition) is 3. The van der Waals surface area contributed by atoms with Crippen LogP contribution in [0.5, 0.6) is 0 Å². The third-order valence-corrected chi connectivity index (χ3v) is 3.48. The number of urea groups is 1. The number of carbonyl (C=O) groups is 1. The molecular formula is C14H20F3N3O3. The molecular weight excluding hydrogens is 315 g/mol. The highest BCUT2D eigenvalue weighted by molar-refractivity contribution is 5.89. The van der Waals surface area contributed by atoms with Gasteiger partial charge < -0.3 is 20.3 Å². The van der Waals surface area contributed by atoms with Crippen molar-refractivity contribution in [2.45, 2.75) is 44.9 Å². The molecule has 0 aliphatic rings.